The maximum absolute atomic E-state index is 13.8. The van der Waals surface area contributed by atoms with Crippen molar-refractivity contribution >= 4 is 11.4 Å². The van der Waals surface area contributed by atoms with Crippen LogP contribution >= 0.6 is 0 Å². The van der Waals surface area contributed by atoms with Crippen LogP contribution < -0.4 is 10.1 Å². The van der Waals surface area contributed by atoms with Crippen LogP contribution in [0.25, 0.3) is 0 Å². The second-order valence-electron chi connectivity index (χ2n) is 3.90. The third kappa shape index (κ3) is 2.63. The van der Waals surface area contributed by atoms with E-state index in [1.54, 1.807) is 6.92 Å². The second kappa shape index (κ2) is 5.47. The molecule has 0 saturated heterocycles. The van der Waals surface area contributed by atoms with E-state index in [-0.39, 0.29) is 11.4 Å². The number of ether oxygens (including phenoxy) is 1. The summed E-state index contributed by atoms with van der Waals surface area (Å²) < 4.78 is 18.7. The van der Waals surface area contributed by atoms with Gasteiger partial charge in [-0.2, -0.15) is 5.21 Å². The Bertz CT molecular complexity index is 618. The first kappa shape index (κ1) is 13.6. The van der Waals surface area contributed by atoms with Crippen molar-refractivity contribution in [2.24, 2.45) is 0 Å². The molecule has 0 spiro atoms. The van der Waals surface area contributed by atoms with Gasteiger partial charge in [-0.1, -0.05) is 5.21 Å². The van der Waals surface area contributed by atoms with E-state index in [2.05, 4.69) is 25.9 Å². The Morgan fingerprint density at radius 2 is 2.30 bits per heavy atom. The summed E-state index contributed by atoms with van der Waals surface area (Å²) in [5, 5.41) is 26.7. The summed E-state index contributed by atoms with van der Waals surface area (Å²) in [7, 11) is 1.27. The van der Waals surface area contributed by atoms with Gasteiger partial charge in [0.25, 0.3) is 0 Å². The maximum atomic E-state index is 13.8. The van der Waals surface area contributed by atoms with Crippen LogP contribution in [0.4, 0.5) is 15.8 Å². The quantitative estimate of drug-likeness (QED) is 0.628. The van der Waals surface area contributed by atoms with Crippen LogP contribution in [0.2, 0.25) is 0 Å². The molecule has 1 aromatic heterocycles. The number of anilines is 1. The smallest absolute Gasteiger partial charge is 0.313 e. The van der Waals surface area contributed by atoms with Crippen LogP contribution in [-0.4, -0.2) is 32.7 Å². The van der Waals surface area contributed by atoms with Crippen LogP contribution in [0.3, 0.4) is 0 Å². The molecule has 2 N–H and O–H groups in total. The van der Waals surface area contributed by atoms with Gasteiger partial charge < -0.3 is 10.1 Å². The van der Waals surface area contributed by atoms with E-state index in [1.807, 2.05) is 0 Å². The van der Waals surface area contributed by atoms with Gasteiger partial charge in [0, 0.05) is 6.07 Å². The monoisotopic (exact) mass is 282 g/mol. The number of tetrazole rings is 1. The Balaban J connectivity index is 2.30. The lowest BCUT2D eigenvalue weighted by atomic mass is 10.2. The average molecular weight is 282 g/mol. The largest absolute Gasteiger partial charge is 0.490 e. The van der Waals surface area contributed by atoms with Crippen molar-refractivity contribution in [3.8, 4) is 5.75 Å². The molecular weight excluding hydrogens is 271 g/mol. The van der Waals surface area contributed by atoms with E-state index in [0.29, 0.717) is 5.82 Å². The van der Waals surface area contributed by atoms with Gasteiger partial charge in [0.1, 0.15) is 0 Å². The Morgan fingerprint density at radius 3 is 2.85 bits per heavy atom. The van der Waals surface area contributed by atoms with Gasteiger partial charge in [0.05, 0.1) is 29.8 Å². The number of hydrogen-bond donors (Lipinski definition) is 2. The number of nitro groups is 1. The minimum atomic E-state index is -0.771. The van der Waals surface area contributed by atoms with E-state index in [4.69, 9.17) is 4.74 Å². The number of nitrogens with zero attached hydrogens (tertiary/aromatic N) is 4. The van der Waals surface area contributed by atoms with Gasteiger partial charge in [-0.05, 0) is 6.92 Å². The molecule has 0 amide bonds. The normalized spacial score (nSPS) is 11.9. The van der Waals surface area contributed by atoms with Crippen LogP contribution in [0.5, 0.6) is 5.75 Å². The average Bonchev–Trinajstić information content (AvgIpc) is 2.94. The van der Waals surface area contributed by atoms with Crippen LogP contribution in [-0.2, 0) is 0 Å². The predicted molar refractivity (Wildman–Crippen MR) is 65.8 cm³/mol. The molecule has 2 rings (SSSR count). The Labute approximate surface area is 112 Å². The third-order valence-electron chi connectivity index (χ3n) is 2.59. The standard InChI is InChI=1S/C10H11FN6O3/c1-5(10-13-15-16-14-10)12-7-4-9(20-2)8(17(18)19)3-6(7)11/h3-5,12H,1-2H3,(H,13,14,15,16). The van der Waals surface area contributed by atoms with E-state index in [0.717, 1.165) is 6.07 Å². The molecule has 0 aliphatic rings. The van der Waals surface area contributed by atoms with Crippen molar-refractivity contribution < 1.29 is 14.1 Å². The minimum absolute atomic E-state index is 0.0424. The summed E-state index contributed by atoms with van der Waals surface area (Å²) in [4.78, 5) is 10.0. The molecule has 0 bridgehead atoms. The molecule has 1 heterocycles. The number of aromatic amines is 1. The topological polar surface area (TPSA) is 119 Å². The SMILES string of the molecule is COc1cc(NC(C)c2nn[nH]n2)c(F)cc1[N+](=O)[O-]. The molecule has 1 atom stereocenters. The maximum Gasteiger partial charge on any atom is 0.313 e. The zero-order valence-electron chi connectivity index (χ0n) is 10.6. The molecule has 0 aliphatic carbocycles. The van der Waals surface area contributed by atoms with Crippen LogP contribution in [0, 0.1) is 15.9 Å². The fraction of sp³-hybridized carbons (Fsp3) is 0.300. The summed E-state index contributed by atoms with van der Waals surface area (Å²) in [5.74, 6) is -0.478. The lowest BCUT2D eigenvalue weighted by Crippen LogP contribution is -2.10. The number of halogens is 1. The first-order valence-electron chi connectivity index (χ1n) is 5.54. The molecule has 0 aliphatic heterocycles. The zero-order chi connectivity index (χ0) is 14.7. The predicted octanol–water partition coefficient (Wildman–Crippen LogP) is 1.43. The highest BCUT2D eigenvalue weighted by Crippen LogP contribution is 2.33. The molecule has 1 unspecified atom stereocenters. The molecule has 20 heavy (non-hydrogen) atoms. The first-order chi connectivity index (χ1) is 9.52. The second-order valence-corrected chi connectivity index (χ2v) is 3.90. The molecule has 1 aromatic carbocycles. The van der Waals surface area contributed by atoms with Gasteiger partial charge in [0.15, 0.2) is 17.4 Å². The number of methoxy groups -OCH3 is 1. The van der Waals surface area contributed by atoms with Crippen LogP contribution in [0.1, 0.15) is 18.8 Å². The van der Waals surface area contributed by atoms with Crippen molar-refractivity contribution in [1.82, 2.24) is 20.6 Å². The molecule has 0 saturated carbocycles. The Morgan fingerprint density at radius 1 is 1.55 bits per heavy atom. The lowest BCUT2D eigenvalue weighted by Gasteiger charge is -2.13. The van der Waals surface area contributed by atoms with Gasteiger partial charge in [-0.25, -0.2) is 4.39 Å². The molecule has 0 fully saturated rings. The lowest BCUT2D eigenvalue weighted by molar-refractivity contribution is -0.385. The number of nitrogens with one attached hydrogen (secondary N) is 2. The summed E-state index contributed by atoms with van der Waals surface area (Å²) >= 11 is 0. The molecular formula is C10H11FN6O3. The van der Waals surface area contributed by atoms with Crippen molar-refractivity contribution in [2.75, 3.05) is 12.4 Å². The number of rotatable bonds is 5. The molecule has 106 valence electrons. The van der Waals surface area contributed by atoms with E-state index < -0.39 is 22.5 Å². The number of benzene rings is 1. The fourth-order valence-electron chi connectivity index (χ4n) is 1.61. The van der Waals surface area contributed by atoms with Crippen LogP contribution in [0.15, 0.2) is 12.1 Å². The highest BCUT2D eigenvalue weighted by molar-refractivity contribution is 5.59. The van der Waals surface area contributed by atoms with Crippen molar-refractivity contribution in [1.29, 1.82) is 0 Å². The summed E-state index contributed by atoms with van der Waals surface area (Å²) in [6.45, 7) is 1.69. The molecule has 9 nitrogen and oxygen atoms in total. The molecule has 10 heteroatoms. The van der Waals surface area contributed by atoms with Gasteiger partial charge in [-0.3, -0.25) is 10.1 Å². The summed E-state index contributed by atoms with van der Waals surface area (Å²) in [5.41, 5.74) is -0.396. The van der Waals surface area contributed by atoms with Gasteiger partial charge >= 0.3 is 5.69 Å². The number of H-pyrrole nitrogens is 1. The fourth-order valence-corrected chi connectivity index (χ4v) is 1.61. The summed E-state index contributed by atoms with van der Waals surface area (Å²) in [6, 6.07) is 1.57. The Hall–Kier alpha value is -2.78. The highest BCUT2D eigenvalue weighted by Gasteiger charge is 2.21. The highest BCUT2D eigenvalue weighted by atomic mass is 19.1. The Kier molecular flexibility index (Phi) is 3.73. The zero-order valence-corrected chi connectivity index (χ0v) is 10.6. The number of nitro benzene ring substituents is 1. The van der Waals surface area contributed by atoms with Gasteiger partial charge in [0.2, 0.25) is 0 Å². The van der Waals surface area contributed by atoms with E-state index in [9.17, 15) is 14.5 Å². The molecule has 2 aromatic rings. The minimum Gasteiger partial charge on any atom is -0.490 e. The van der Waals surface area contributed by atoms with Crippen molar-refractivity contribution in [3.63, 3.8) is 0 Å². The first-order valence-corrected chi connectivity index (χ1v) is 5.54. The molecule has 0 radical (unpaired) electrons. The number of hydrogen-bond acceptors (Lipinski definition) is 7. The van der Waals surface area contributed by atoms with Crippen molar-refractivity contribution in [3.05, 3.63) is 33.9 Å². The van der Waals surface area contributed by atoms with Crippen molar-refractivity contribution in [2.45, 2.75) is 13.0 Å². The third-order valence-corrected chi connectivity index (χ3v) is 2.59. The number of aromatic nitrogens is 4. The van der Waals surface area contributed by atoms with Gasteiger partial charge in [-0.15, -0.1) is 10.2 Å². The summed E-state index contributed by atoms with van der Waals surface area (Å²) in [6.07, 6.45) is 0. The van der Waals surface area contributed by atoms with E-state index >= 15 is 0 Å². The van der Waals surface area contributed by atoms with E-state index in [1.165, 1.54) is 13.2 Å².